The lowest BCUT2D eigenvalue weighted by Gasteiger charge is -2.19. The fourth-order valence-electron chi connectivity index (χ4n) is 4.35. The molecule has 0 aliphatic carbocycles. The second-order valence-electron chi connectivity index (χ2n) is 9.80. The molecule has 198 valence electrons. The Morgan fingerprint density at radius 2 is 1.12 bits per heavy atom. The summed E-state index contributed by atoms with van der Waals surface area (Å²) in [6.07, 6.45) is 22.8. The van der Waals surface area contributed by atoms with Crippen molar-refractivity contribution in [3.63, 3.8) is 0 Å². The van der Waals surface area contributed by atoms with Gasteiger partial charge in [0, 0.05) is 13.2 Å². The van der Waals surface area contributed by atoms with E-state index in [-0.39, 0.29) is 17.8 Å². The summed E-state index contributed by atoms with van der Waals surface area (Å²) in [5.41, 5.74) is 0.839. The van der Waals surface area contributed by atoms with Gasteiger partial charge in [-0.05, 0) is 50.2 Å². The highest BCUT2D eigenvalue weighted by molar-refractivity contribution is 5.44. The Labute approximate surface area is 210 Å². The van der Waals surface area contributed by atoms with Crippen molar-refractivity contribution in [2.45, 2.75) is 142 Å². The zero-order valence-corrected chi connectivity index (χ0v) is 22.4. The number of rotatable bonds is 24. The Bertz CT molecular complexity index is 557. The summed E-state index contributed by atoms with van der Waals surface area (Å²) in [6, 6.07) is 5.21. The minimum Gasteiger partial charge on any atom is -0.504 e. The van der Waals surface area contributed by atoms with Crippen molar-refractivity contribution in [2.75, 3.05) is 13.2 Å². The number of phenolic OH excluding ortho intramolecular Hbond substituents is 2. The van der Waals surface area contributed by atoms with E-state index in [1.165, 1.54) is 83.1 Å². The molecule has 1 aromatic carbocycles. The normalized spacial score (nSPS) is 11.5. The summed E-state index contributed by atoms with van der Waals surface area (Å²) >= 11 is 0. The van der Waals surface area contributed by atoms with E-state index < -0.39 is 0 Å². The third kappa shape index (κ3) is 16.4. The minimum atomic E-state index is -0.0458. The van der Waals surface area contributed by atoms with Crippen molar-refractivity contribution in [3.8, 4) is 11.5 Å². The molecule has 1 rings (SSSR count). The Morgan fingerprint density at radius 1 is 0.618 bits per heavy atom. The number of aryl methyl sites for hydroxylation is 1. The van der Waals surface area contributed by atoms with Crippen LogP contribution in [-0.2, 0) is 15.9 Å². The van der Waals surface area contributed by atoms with Crippen LogP contribution in [0.3, 0.4) is 0 Å². The number of hydrogen-bond acceptors (Lipinski definition) is 4. The third-order valence-corrected chi connectivity index (χ3v) is 6.59. The number of unbranched alkanes of at least 4 members (excludes halogenated alkanes) is 14. The second kappa shape index (κ2) is 22.2. The third-order valence-electron chi connectivity index (χ3n) is 6.59. The highest BCUT2D eigenvalue weighted by Gasteiger charge is 2.10. The van der Waals surface area contributed by atoms with Crippen LogP contribution in [0.2, 0.25) is 0 Å². The molecule has 0 atom stereocenters. The van der Waals surface area contributed by atoms with E-state index in [1.807, 2.05) is 6.07 Å². The van der Waals surface area contributed by atoms with Gasteiger partial charge in [-0.15, -0.1) is 0 Å². The molecule has 0 aliphatic rings. The lowest BCUT2D eigenvalue weighted by Crippen LogP contribution is -2.19. The van der Waals surface area contributed by atoms with Crippen molar-refractivity contribution in [1.29, 1.82) is 0 Å². The molecule has 1 aromatic rings. The molecule has 2 N–H and O–H groups in total. The number of phenols is 2. The molecule has 4 nitrogen and oxygen atoms in total. The predicted octanol–water partition coefficient (Wildman–Crippen LogP) is 9.06. The number of benzene rings is 1. The fraction of sp³-hybridized carbons (Fsp3) is 0.800. The molecule has 0 unspecified atom stereocenters. The number of aromatic hydroxyl groups is 2. The largest absolute Gasteiger partial charge is 0.504 e. The molecule has 0 aromatic heterocycles. The van der Waals surface area contributed by atoms with Gasteiger partial charge in [-0.1, -0.05) is 109 Å². The van der Waals surface area contributed by atoms with Crippen molar-refractivity contribution >= 4 is 0 Å². The summed E-state index contributed by atoms with van der Waals surface area (Å²) < 4.78 is 12.3. The van der Waals surface area contributed by atoms with Crippen LogP contribution in [0, 0.1) is 0 Å². The van der Waals surface area contributed by atoms with Gasteiger partial charge < -0.3 is 19.7 Å². The van der Waals surface area contributed by atoms with Crippen LogP contribution in [0.4, 0.5) is 0 Å². The first-order valence-corrected chi connectivity index (χ1v) is 14.4. The van der Waals surface area contributed by atoms with Crippen molar-refractivity contribution in [1.82, 2.24) is 0 Å². The maximum atomic E-state index is 9.91. The topological polar surface area (TPSA) is 58.9 Å². The molecule has 4 heteroatoms. The van der Waals surface area contributed by atoms with Crippen molar-refractivity contribution in [3.05, 3.63) is 23.8 Å². The molecule has 0 heterocycles. The molecular weight excluding hydrogens is 424 g/mol. The van der Waals surface area contributed by atoms with E-state index >= 15 is 0 Å². The maximum Gasteiger partial charge on any atom is 0.160 e. The first-order chi connectivity index (χ1) is 16.7. The minimum absolute atomic E-state index is 0.0227. The summed E-state index contributed by atoms with van der Waals surface area (Å²) in [5.74, 6) is 0.0147. The van der Waals surface area contributed by atoms with E-state index in [0.29, 0.717) is 0 Å². The van der Waals surface area contributed by atoms with Crippen LogP contribution in [0.5, 0.6) is 11.5 Å². The number of hydrogen-bond donors (Lipinski definition) is 2. The molecule has 0 bridgehead atoms. The maximum absolute atomic E-state index is 9.91. The van der Waals surface area contributed by atoms with Gasteiger partial charge in [0.15, 0.2) is 17.8 Å². The molecule has 0 amide bonds. The van der Waals surface area contributed by atoms with Gasteiger partial charge in [0.1, 0.15) is 0 Å². The smallest absolute Gasteiger partial charge is 0.160 e. The van der Waals surface area contributed by atoms with E-state index in [4.69, 9.17) is 9.47 Å². The standard InChI is InChI=1S/C30H54O4/c1-3-5-7-9-14-18-25-33-29(34-26-19-15-10-8-6-4-2)24-17-13-11-12-16-21-27-22-20-23-28(31)30(27)32/h20,22-23,29,31-32H,3-19,21,24-26H2,1-2H3. The molecule has 0 saturated carbocycles. The van der Waals surface area contributed by atoms with E-state index in [0.717, 1.165) is 63.7 Å². The van der Waals surface area contributed by atoms with E-state index in [2.05, 4.69) is 13.8 Å². The van der Waals surface area contributed by atoms with Crippen molar-refractivity contribution in [2.24, 2.45) is 0 Å². The van der Waals surface area contributed by atoms with Crippen LogP contribution in [-0.4, -0.2) is 29.7 Å². The summed E-state index contributed by atoms with van der Waals surface area (Å²) in [5, 5.41) is 19.5. The average molecular weight is 479 g/mol. The molecule has 0 aliphatic heterocycles. The van der Waals surface area contributed by atoms with E-state index in [1.54, 1.807) is 6.07 Å². The molecule has 0 fully saturated rings. The Balaban J connectivity index is 2.17. The molecule has 0 spiro atoms. The van der Waals surface area contributed by atoms with Gasteiger partial charge in [0.05, 0.1) is 0 Å². The monoisotopic (exact) mass is 478 g/mol. The van der Waals surface area contributed by atoms with Gasteiger partial charge in [0.2, 0.25) is 0 Å². The Morgan fingerprint density at radius 3 is 1.71 bits per heavy atom. The van der Waals surface area contributed by atoms with Crippen LogP contribution in [0.25, 0.3) is 0 Å². The van der Waals surface area contributed by atoms with Crippen LogP contribution in [0.1, 0.15) is 135 Å². The van der Waals surface area contributed by atoms with E-state index in [9.17, 15) is 10.2 Å². The first kappa shape index (κ1) is 30.8. The highest BCUT2D eigenvalue weighted by atomic mass is 16.7. The van der Waals surface area contributed by atoms with Gasteiger partial charge in [-0.25, -0.2) is 0 Å². The van der Waals surface area contributed by atoms with Gasteiger partial charge >= 0.3 is 0 Å². The Hall–Kier alpha value is -1.26. The van der Waals surface area contributed by atoms with Crippen LogP contribution >= 0.6 is 0 Å². The molecule has 0 saturated heterocycles. The fourth-order valence-corrected chi connectivity index (χ4v) is 4.35. The first-order valence-electron chi connectivity index (χ1n) is 14.4. The number of para-hydroxylation sites is 1. The SMILES string of the molecule is CCCCCCCCOC(CCCCCCCc1cccc(O)c1O)OCCCCCCCC. The van der Waals surface area contributed by atoms with Crippen molar-refractivity contribution < 1.29 is 19.7 Å². The van der Waals surface area contributed by atoms with Gasteiger partial charge in [-0.2, -0.15) is 0 Å². The van der Waals surface area contributed by atoms with Crippen LogP contribution in [0.15, 0.2) is 18.2 Å². The summed E-state index contributed by atoms with van der Waals surface area (Å²) in [4.78, 5) is 0. The zero-order valence-electron chi connectivity index (χ0n) is 22.4. The molecule has 34 heavy (non-hydrogen) atoms. The summed E-state index contributed by atoms with van der Waals surface area (Å²) in [6.45, 7) is 6.16. The van der Waals surface area contributed by atoms with Gasteiger partial charge in [0.25, 0.3) is 0 Å². The highest BCUT2D eigenvalue weighted by Crippen LogP contribution is 2.29. The number of ether oxygens (including phenoxy) is 2. The zero-order chi connectivity index (χ0) is 24.7. The molecular formula is C30H54O4. The average Bonchev–Trinajstić information content (AvgIpc) is 2.84. The molecule has 0 radical (unpaired) electrons. The Kier molecular flexibility index (Phi) is 20.1. The predicted molar refractivity (Wildman–Crippen MR) is 144 cm³/mol. The van der Waals surface area contributed by atoms with Gasteiger partial charge in [-0.3, -0.25) is 0 Å². The lowest BCUT2D eigenvalue weighted by molar-refractivity contribution is -0.148. The quantitative estimate of drug-likeness (QED) is 0.0883. The van der Waals surface area contributed by atoms with Crippen LogP contribution < -0.4 is 0 Å². The summed E-state index contributed by atoms with van der Waals surface area (Å²) in [7, 11) is 0. The second-order valence-corrected chi connectivity index (χ2v) is 9.80. The lowest BCUT2D eigenvalue weighted by atomic mass is 10.0.